The third-order valence-electron chi connectivity index (χ3n) is 3.96. The predicted molar refractivity (Wildman–Crippen MR) is 97.2 cm³/mol. The molecular weight excluding hydrogens is 298 g/mol. The quantitative estimate of drug-likeness (QED) is 0.689. The van der Waals surface area contributed by atoms with Gasteiger partial charge in [-0.25, -0.2) is 0 Å². The molecule has 0 bridgehead atoms. The number of nitrogens with zero attached hydrogens (tertiary/aromatic N) is 1. The van der Waals surface area contributed by atoms with Crippen LogP contribution in [0.5, 0.6) is 0 Å². The normalized spacial score (nSPS) is 10.4. The summed E-state index contributed by atoms with van der Waals surface area (Å²) in [4.78, 5) is 13.0. The van der Waals surface area contributed by atoms with E-state index in [1.807, 2.05) is 48.5 Å². The van der Waals surface area contributed by atoms with Crippen molar-refractivity contribution < 1.29 is 9.90 Å². The average Bonchev–Trinajstić information content (AvgIpc) is 2.64. The molecule has 0 atom stereocenters. The Kier molecular flexibility index (Phi) is 4.73. The van der Waals surface area contributed by atoms with Gasteiger partial charge in [0.05, 0.1) is 6.61 Å². The molecule has 24 heavy (non-hydrogen) atoms. The van der Waals surface area contributed by atoms with Crippen LogP contribution in [-0.2, 0) is 6.61 Å². The highest BCUT2D eigenvalue weighted by Gasteiger charge is 2.12. The van der Waals surface area contributed by atoms with Crippen molar-refractivity contribution in [3.63, 3.8) is 0 Å². The smallest absolute Gasteiger partial charge is 0.150 e. The molecule has 120 valence electrons. The van der Waals surface area contributed by atoms with Gasteiger partial charge in [-0.3, -0.25) is 4.79 Å². The van der Waals surface area contributed by atoms with Crippen molar-refractivity contribution in [3.8, 4) is 0 Å². The predicted octanol–water partition coefficient (Wildman–Crippen LogP) is 4.77. The van der Waals surface area contributed by atoms with Gasteiger partial charge in [-0.2, -0.15) is 0 Å². The van der Waals surface area contributed by atoms with Gasteiger partial charge in [-0.15, -0.1) is 0 Å². The largest absolute Gasteiger partial charge is 0.392 e. The van der Waals surface area contributed by atoms with Gasteiger partial charge >= 0.3 is 0 Å². The Morgan fingerprint density at radius 1 is 0.792 bits per heavy atom. The number of benzene rings is 3. The van der Waals surface area contributed by atoms with Crippen molar-refractivity contribution in [2.24, 2.45) is 0 Å². The maximum absolute atomic E-state index is 10.9. The lowest BCUT2D eigenvalue weighted by Gasteiger charge is -2.25. The van der Waals surface area contributed by atoms with E-state index in [0.29, 0.717) is 5.56 Å². The van der Waals surface area contributed by atoms with Crippen LogP contribution in [-0.4, -0.2) is 11.4 Å². The van der Waals surface area contributed by atoms with E-state index in [-0.39, 0.29) is 6.61 Å². The highest BCUT2D eigenvalue weighted by Crippen LogP contribution is 2.34. The van der Waals surface area contributed by atoms with Gasteiger partial charge in [-0.1, -0.05) is 29.8 Å². The zero-order valence-electron chi connectivity index (χ0n) is 13.5. The molecule has 0 spiro atoms. The molecule has 0 radical (unpaired) electrons. The number of hydrogen-bond acceptors (Lipinski definition) is 3. The summed E-state index contributed by atoms with van der Waals surface area (Å²) in [5.41, 5.74) is 5.73. The van der Waals surface area contributed by atoms with Gasteiger partial charge in [0.25, 0.3) is 0 Å². The zero-order chi connectivity index (χ0) is 16.9. The van der Waals surface area contributed by atoms with Gasteiger partial charge in [0.2, 0.25) is 0 Å². The standard InChI is InChI=1S/C21H19NO2/c1-16-2-8-19(9-3-16)22(20-10-4-17(14-23)5-11-20)21-12-6-18(15-24)7-13-21/h2-14,24H,15H2,1H3. The van der Waals surface area contributed by atoms with Crippen LogP contribution in [0.4, 0.5) is 17.1 Å². The van der Waals surface area contributed by atoms with E-state index in [2.05, 4.69) is 36.1 Å². The lowest BCUT2D eigenvalue weighted by atomic mass is 10.1. The van der Waals surface area contributed by atoms with E-state index in [1.54, 1.807) is 0 Å². The molecular formula is C21H19NO2. The minimum atomic E-state index is 0.0266. The van der Waals surface area contributed by atoms with Crippen molar-refractivity contribution in [3.05, 3.63) is 89.5 Å². The molecule has 0 aliphatic rings. The Hall–Kier alpha value is -2.91. The van der Waals surface area contributed by atoms with Crippen molar-refractivity contribution >= 4 is 23.3 Å². The van der Waals surface area contributed by atoms with Gasteiger partial charge in [0, 0.05) is 22.6 Å². The van der Waals surface area contributed by atoms with Crippen molar-refractivity contribution in [1.82, 2.24) is 0 Å². The number of aliphatic hydroxyl groups excluding tert-OH is 1. The molecule has 3 rings (SSSR count). The first-order chi connectivity index (χ1) is 11.7. The maximum atomic E-state index is 10.9. The fourth-order valence-electron chi connectivity index (χ4n) is 2.59. The van der Waals surface area contributed by atoms with Crippen molar-refractivity contribution in [2.45, 2.75) is 13.5 Å². The van der Waals surface area contributed by atoms with E-state index < -0.39 is 0 Å². The molecule has 0 saturated heterocycles. The monoisotopic (exact) mass is 317 g/mol. The third-order valence-corrected chi connectivity index (χ3v) is 3.96. The van der Waals surface area contributed by atoms with Gasteiger partial charge in [0.1, 0.15) is 6.29 Å². The molecule has 0 unspecified atom stereocenters. The molecule has 0 fully saturated rings. The second kappa shape index (κ2) is 7.11. The van der Waals surface area contributed by atoms with Crippen LogP contribution in [0.2, 0.25) is 0 Å². The summed E-state index contributed by atoms with van der Waals surface area (Å²) in [5, 5.41) is 9.24. The van der Waals surface area contributed by atoms with Crippen LogP contribution < -0.4 is 4.90 Å². The number of aliphatic hydroxyl groups is 1. The molecule has 0 aliphatic carbocycles. The highest BCUT2D eigenvalue weighted by atomic mass is 16.3. The molecule has 0 aromatic heterocycles. The molecule has 3 aromatic carbocycles. The summed E-state index contributed by atoms with van der Waals surface area (Å²) in [6.07, 6.45) is 0.843. The highest BCUT2D eigenvalue weighted by molar-refractivity contribution is 5.80. The lowest BCUT2D eigenvalue weighted by molar-refractivity contribution is 0.112. The number of anilines is 3. The SMILES string of the molecule is Cc1ccc(N(c2ccc(C=O)cc2)c2ccc(CO)cc2)cc1. The Morgan fingerprint density at radius 3 is 1.71 bits per heavy atom. The molecule has 0 heterocycles. The summed E-state index contributed by atoms with van der Waals surface area (Å²) >= 11 is 0. The zero-order valence-corrected chi connectivity index (χ0v) is 13.5. The number of carbonyl (C=O) groups excluding carboxylic acids is 1. The number of rotatable bonds is 5. The molecule has 3 nitrogen and oxygen atoms in total. The van der Waals surface area contributed by atoms with E-state index in [0.717, 1.165) is 28.9 Å². The molecule has 3 aromatic rings. The van der Waals surface area contributed by atoms with Crippen molar-refractivity contribution in [2.75, 3.05) is 4.90 Å². The Morgan fingerprint density at radius 2 is 1.25 bits per heavy atom. The van der Waals surface area contributed by atoms with Gasteiger partial charge < -0.3 is 10.0 Å². The molecule has 0 amide bonds. The average molecular weight is 317 g/mol. The molecule has 1 N–H and O–H groups in total. The van der Waals surface area contributed by atoms with E-state index in [9.17, 15) is 9.90 Å². The summed E-state index contributed by atoms with van der Waals surface area (Å²) < 4.78 is 0. The van der Waals surface area contributed by atoms with Gasteiger partial charge in [-0.05, 0) is 61.0 Å². The Labute approximate surface area is 141 Å². The number of hydrogen-bond donors (Lipinski definition) is 1. The Bertz CT molecular complexity index is 806. The van der Waals surface area contributed by atoms with Crippen LogP contribution in [0.1, 0.15) is 21.5 Å². The first-order valence-corrected chi connectivity index (χ1v) is 7.83. The summed E-state index contributed by atoms with van der Waals surface area (Å²) in [7, 11) is 0. The van der Waals surface area contributed by atoms with Gasteiger partial charge in [0.15, 0.2) is 0 Å². The summed E-state index contributed by atoms with van der Waals surface area (Å²) in [5.74, 6) is 0. The number of carbonyl (C=O) groups is 1. The fraction of sp³-hybridized carbons (Fsp3) is 0.0952. The van der Waals surface area contributed by atoms with Crippen LogP contribution in [0.15, 0.2) is 72.8 Å². The molecule has 3 heteroatoms. The topological polar surface area (TPSA) is 40.5 Å². The molecule has 0 aliphatic heterocycles. The Balaban J connectivity index is 2.07. The van der Waals surface area contributed by atoms with Crippen molar-refractivity contribution in [1.29, 1.82) is 0 Å². The second-order valence-corrected chi connectivity index (χ2v) is 5.70. The maximum Gasteiger partial charge on any atom is 0.150 e. The van der Waals surface area contributed by atoms with Crippen LogP contribution in [0.25, 0.3) is 0 Å². The third kappa shape index (κ3) is 3.36. The van der Waals surface area contributed by atoms with E-state index in [1.165, 1.54) is 5.56 Å². The van der Waals surface area contributed by atoms with E-state index in [4.69, 9.17) is 0 Å². The minimum Gasteiger partial charge on any atom is -0.392 e. The summed E-state index contributed by atoms with van der Waals surface area (Å²) in [6.45, 7) is 2.09. The van der Waals surface area contributed by atoms with Crippen LogP contribution in [0.3, 0.4) is 0 Å². The first kappa shape index (κ1) is 16.0. The lowest BCUT2D eigenvalue weighted by Crippen LogP contribution is -2.10. The number of aldehydes is 1. The van der Waals surface area contributed by atoms with Crippen LogP contribution in [0, 0.1) is 6.92 Å². The van der Waals surface area contributed by atoms with E-state index >= 15 is 0 Å². The van der Waals surface area contributed by atoms with Crippen LogP contribution >= 0.6 is 0 Å². The first-order valence-electron chi connectivity index (χ1n) is 7.83. The number of aryl methyl sites for hydroxylation is 1. The summed E-state index contributed by atoms with van der Waals surface area (Å²) in [6, 6.07) is 23.6. The fourth-order valence-corrected chi connectivity index (χ4v) is 2.59. The minimum absolute atomic E-state index is 0.0266. The molecule has 0 saturated carbocycles. The second-order valence-electron chi connectivity index (χ2n) is 5.70.